The van der Waals surface area contributed by atoms with E-state index in [0.717, 1.165) is 6.54 Å². The molecule has 0 bridgehead atoms. The fourth-order valence-electron chi connectivity index (χ4n) is 2.04. The molecular weight excluding hydrogens is 214 g/mol. The molecule has 1 rings (SSSR count). The first-order valence-electron chi connectivity index (χ1n) is 6.11. The monoisotopic (exact) mass is 235 g/mol. The zero-order chi connectivity index (χ0) is 12.8. The van der Waals surface area contributed by atoms with Gasteiger partial charge < -0.3 is 5.11 Å². The van der Waals surface area contributed by atoms with Crippen molar-refractivity contribution in [2.24, 2.45) is 0 Å². The number of benzene rings is 1. The molecule has 0 amide bonds. The van der Waals surface area contributed by atoms with E-state index in [9.17, 15) is 9.90 Å². The molecule has 0 saturated carbocycles. The van der Waals surface area contributed by atoms with Gasteiger partial charge in [0.15, 0.2) is 0 Å². The minimum atomic E-state index is -0.733. The van der Waals surface area contributed by atoms with Crippen LogP contribution in [0.5, 0.6) is 0 Å². The van der Waals surface area contributed by atoms with Crippen molar-refractivity contribution < 1.29 is 9.90 Å². The summed E-state index contributed by atoms with van der Waals surface area (Å²) in [5.41, 5.74) is 2.42. The molecule has 94 valence electrons. The van der Waals surface area contributed by atoms with Crippen LogP contribution in [-0.2, 0) is 11.3 Å². The Kier molecular flexibility index (Phi) is 5.16. The number of aliphatic carboxylic acids is 1. The average Bonchev–Trinajstić information content (AvgIpc) is 2.30. The number of carbonyl (C=O) groups is 1. The molecule has 0 aliphatic rings. The van der Waals surface area contributed by atoms with Gasteiger partial charge in [-0.25, -0.2) is 0 Å². The highest BCUT2D eigenvalue weighted by atomic mass is 16.4. The summed E-state index contributed by atoms with van der Waals surface area (Å²) in [6.07, 6.45) is 0.634. The van der Waals surface area contributed by atoms with Crippen molar-refractivity contribution in [3.8, 4) is 0 Å². The largest absolute Gasteiger partial charge is 0.480 e. The first-order valence-corrected chi connectivity index (χ1v) is 6.11. The fraction of sp³-hybridized carbons (Fsp3) is 0.500. The van der Waals surface area contributed by atoms with Gasteiger partial charge in [-0.3, -0.25) is 9.69 Å². The van der Waals surface area contributed by atoms with E-state index in [4.69, 9.17) is 0 Å². The van der Waals surface area contributed by atoms with Crippen LogP contribution in [0.15, 0.2) is 24.3 Å². The van der Waals surface area contributed by atoms with E-state index in [-0.39, 0.29) is 6.04 Å². The highest BCUT2D eigenvalue weighted by molar-refractivity contribution is 5.73. The number of carboxylic acid groups (broad SMARTS) is 1. The number of likely N-dealkylation sites (N-methyl/N-ethyl adjacent to an activating group) is 1. The Hall–Kier alpha value is -1.35. The van der Waals surface area contributed by atoms with E-state index in [1.165, 1.54) is 11.1 Å². The number of rotatable bonds is 6. The third kappa shape index (κ3) is 3.56. The predicted octanol–water partition coefficient (Wildman–Crippen LogP) is 2.68. The molecule has 1 unspecified atom stereocenters. The van der Waals surface area contributed by atoms with Crippen molar-refractivity contribution in [1.82, 2.24) is 4.90 Å². The van der Waals surface area contributed by atoms with Crippen LogP contribution in [0, 0.1) is 6.92 Å². The van der Waals surface area contributed by atoms with E-state index in [0.29, 0.717) is 13.0 Å². The van der Waals surface area contributed by atoms with Crippen molar-refractivity contribution in [3.63, 3.8) is 0 Å². The number of hydrogen-bond donors (Lipinski definition) is 1. The van der Waals surface area contributed by atoms with E-state index >= 15 is 0 Å². The van der Waals surface area contributed by atoms with Gasteiger partial charge in [0, 0.05) is 6.54 Å². The third-order valence-corrected chi connectivity index (χ3v) is 3.15. The van der Waals surface area contributed by atoms with Crippen LogP contribution in [0.4, 0.5) is 0 Å². The van der Waals surface area contributed by atoms with Crippen molar-refractivity contribution in [3.05, 3.63) is 35.4 Å². The van der Waals surface area contributed by atoms with Crippen LogP contribution in [0.3, 0.4) is 0 Å². The van der Waals surface area contributed by atoms with Gasteiger partial charge in [0.1, 0.15) is 6.04 Å². The molecule has 3 heteroatoms. The number of hydrogen-bond acceptors (Lipinski definition) is 2. The molecule has 17 heavy (non-hydrogen) atoms. The normalized spacial score (nSPS) is 12.7. The lowest BCUT2D eigenvalue weighted by molar-refractivity contribution is -0.143. The second kappa shape index (κ2) is 6.40. The Balaban J connectivity index is 2.83. The van der Waals surface area contributed by atoms with E-state index in [1.807, 2.05) is 30.9 Å². The average molecular weight is 235 g/mol. The smallest absolute Gasteiger partial charge is 0.320 e. The van der Waals surface area contributed by atoms with Crippen LogP contribution >= 0.6 is 0 Å². The molecule has 0 fully saturated rings. The maximum Gasteiger partial charge on any atom is 0.320 e. The van der Waals surface area contributed by atoms with Gasteiger partial charge >= 0.3 is 5.97 Å². The van der Waals surface area contributed by atoms with Gasteiger partial charge in [0.25, 0.3) is 0 Å². The van der Waals surface area contributed by atoms with Crippen LogP contribution < -0.4 is 0 Å². The van der Waals surface area contributed by atoms with Crippen molar-refractivity contribution in [2.45, 2.75) is 39.8 Å². The van der Waals surface area contributed by atoms with Crippen LogP contribution in [0.1, 0.15) is 31.4 Å². The fourth-order valence-corrected chi connectivity index (χ4v) is 2.04. The molecule has 1 N–H and O–H groups in total. The number of carboxylic acids is 1. The minimum absolute atomic E-state index is 0.389. The lowest BCUT2D eigenvalue weighted by Crippen LogP contribution is -2.40. The van der Waals surface area contributed by atoms with Gasteiger partial charge in [-0.05, 0) is 31.0 Å². The number of nitrogens with zero attached hydrogens (tertiary/aromatic N) is 1. The molecule has 0 radical (unpaired) electrons. The highest BCUT2D eigenvalue weighted by Gasteiger charge is 2.22. The van der Waals surface area contributed by atoms with Crippen LogP contribution in [-0.4, -0.2) is 28.6 Å². The van der Waals surface area contributed by atoms with Crippen molar-refractivity contribution in [1.29, 1.82) is 0 Å². The Morgan fingerprint density at radius 1 is 1.35 bits per heavy atom. The SMILES string of the molecule is CCC(C(=O)O)N(CC)Cc1ccccc1C. The summed E-state index contributed by atoms with van der Waals surface area (Å²) in [7, 11) is 0. The van der Waals surface area contributed by atoms with Crippen molar-refractivity contribution >= 4 is 5.97 Å². The second-order valence-electron chi connectivity index (χ2n) is 4.25. The molecule has 1 aromatic rings. The van der Waals surface area contributed by atoms with Gasteiger partial charge in [0.2, 0.25) is 0 Å². The lowest BCUT2D eigenvalue weighted by atomic mass is 10.1. The molecule has 3 nitrogen and oxygen atoms in total. The quantitative estimate of drug-likeness (QED) is 0.824. The predicted molar refractivity (Wildman–Crippen MR) is 69.0 cm³/mol. The summed E-state index contributed by atoms with van der Waals surface area (Å²) in [6, 6.07) is 7.73. The van der Waals surface area contributed by atoms with Crippen LogP contribution in [0.25, 0.3) is 0 Å². The maximum atomic E-state index is 11.2. The van der Waals surface area contributed by atoms with Gasteiger partial charge in [-0.1, -0.05) is 38.1 Å². The summed E-state index contributed by atoms with van der Waals surface area (Å²) in [4.78, 5) is 13.2. The lowest BCUT2D eigenvalue weighted by Gasteiger charge is -2.27. The molecule has 0 saturated heterocycles. The van der Waals surface area contributed by atoms with Gasteiger partial charge in [-0.2, -0.15) is 0 Å². The zero-order valence-corrected chi connectivity index (χ0v) is 10.8. The van der Waals surface area contributed by atoms with Crippen LogP contribution in [0.2, 0.25) is 0 Å². The third-order valence-electron chi connectivity index (χ3n) is 3.15. The highest BCUT2D eigenvalue weighted by Crippen LogP contribution is 2.14. The Labute approximate surface area is 103 Å². The summed E-state index contributed by atoms with van der Waals surface area (Å²) in [5.74, 6) is -0.733. The van der Waals surface area contributed by atoms with E-state index < -0.39 is 5.97 Å². The molecule has 1 aromatic carbocycles. The molecule has 0 aliphatic carbocycles. The van der Waals surface area contributed by atoms with Gasteiger partial charge in [-0.15, -0.1) is 0 Å². The molecule has 1 atom stereocenters. The molecule has 0 aromatic heterocycles. The first kappa shape index (κ1) is 13.7. The maximum absolute atomic E-state index is 11.2. The van der Waals surface area contributed by atoms with E-state index in [2.05, 4.69) is 19.1 Å². The number of aryl methyl sites for hydroxylation is 1. The summed E-state index contributed by atoms with van der Waals surface area (Å²) < 4.78 is 0. The Bertz CT molecular complexity index is 376. The van der Waals surface area contributed by atoms with Crippen molar-refractivity contribution in [2.75, 3.05) is 6.54 Å². The topological polar surface area (TPSA) is 40.5 Å². The summed E-state index contributed by atoms with van der Waals surface area (Å²) in [6.45, 7) is 7.43. The van der Waals surface area contributed by atoms with Gasteiger partial charge in [0.05, 0.1) is 0 Å². The molecule has 0 heterocycles. The molecule has 0 aliphatic heterocycles. The zero-order valence-electron chi connectivity index (χ0n) is 10.8. The molecular formula is C14H21NO2. The standard InChI is InChI=1S/C14H21NO2/c1-4-13(14(16)17)15(5-2)10-12-9-7-6-8-11(12)3/h6-9,13H,4-5,10H2,1-3H3,(H,16,17). The Morgan fingerprint density at radius 3 is 2.47 bits per heavy atom. The Morgan fingerprint density at radius 2 is 2.00 bits per heavy atom. The second-order valence-corrected chi connectivity index (χ2v) is 4.25. The summed E-state index contributed by atoms with van der Waals surface area (Å²) in [5, 5.41) is 9.18. The minimum Gasteiger partial charge on any atom is -0.480 e. The molecule has 0 spiro atoms. The van der Waals surface area contributed by atoms with E-state index in [1.54, 1.807) is 0 Å². The summed E-state index contributed by atoms with van der Waals surface area (Å²) >= 11 is 0. The first-order chi connectivity index (χ1) is 8.10.